The molecule has 110 valence electrons. The summed E-state index contributed by atoms with van der Waals surface area (Å²) in [5.74, 6) is 0.726. The van der Waals surface area contributed by atoms with Crippen LogP contribution in [0.5, 0.6) is 5.75 Å². The molecule has 6 heteroatoms. The van der Waals surface area contributed by atoms with E-state index >= 15 is 0 Å². The Kier molecular flexibility index (Phi) is 5.57. The predicted molar refractivity (Wildman–Crippen MR) is 82.3 cm³/mol. The Morgan fingerprint density at radius 2 is 2.00 bits per heavy atom. The summed E-state index contributed by atoms with van der Waals surface area (Å²) in [6, 6.07) is 12.9. The molecule has 1 N–H and O–H groups in total. The molecule has 0 aliphatic rings. The normalized spacial score (nSPS) is 10.1. The smallest absolute Gasteiger partial charge is 0.407 e. The summed E-state index contributed by atoms with van der Waals surface area (Å²) in [6.07, 6.45) is 0.659. The Bertz CT molecular complexity index is 575. The lowest BCUT2D eigenvalue weighted by Gasteiger charge is -2.19. The summed E-state index contributed by atoms with van der Waals surface area (Å²) in [6.45, 7) is 0.815. The maximum atomic E-state index is 11.2. The van der Waals surface area contributed by atoms with Gasteiger partial charge in [0.15, 0.2) is 0 Å². The lowest BCUT2D eigenvalue weighted by molar-refractivity contribution is 0.131. The monoisotopic (exact) mass is 350 g/mol. The third-order valence-electron chi connectivity index (χ3n) is 2.79. The van der Waals surface area contributed by atoms with Crippen molar-refractivity contribution < 1.29 is 14.6 Å². The predicted octanol–water partition coefficient (Wildman–Crippen LogP) is 3.40. The first-order chi connectivity index (χ1) is 10.1. The fourth-order valence-electron chi connectivity index (χ4n) is 1.73. The van der Waals surface area contributed by atoms with Crippen LogP contribution in [0.3, 0.4) is 0 Å². The van der Waals surface area contributed by atoms with Crippen LogP contribution in [0.4, 0.5) is 4.79 Å². The standard InChI is InChI=1S/C15H15BrN2O3/c16-12-6-7-13(17-10-12)11-18(15(19)20)8-9-21-14-4-2-1-3-5-14/h1-7,10H,8-9,11H2,(H,19,20). The fourth-order valence-corrected chi connectivity index (χ4v) is 1.96. The summed E-state index contributed by atoms with van der Waals surface area (Å²) < 4.78 is 6.37. The molecule has 1 aromatic heterocycles. The minimum absolute atomic E-state index is 0.237. The molecule has 21 heavy (non-hydrogen) atoms. The molecule has 0 bridgehead atoms. The fraction of sp³-hybridized carbons (Fsp3) is 0.200. The number of pyridine rings is 1. The maximum absolute atomic E-state index is 11.2. The van der Waals surface area contributed by atoms with Crippen LogP contribution in [0.1, 0.15) is 5.69 Å². The summed E-state index contributed by atoms with van der Waals surface area (Å²) >= 11 is 3.30. The van der Waals surface area contributed by atoms with E-state index < -0.39 is 6.09 Å². The average molecular weight is 351 g/mol. The van der Waals surface area contributed by atoms with E-state index in [9.17, 15) is 9.90 Å². The van der Waals surface area contributed by atoms with Gasteiger partial charge in [0.1, 0.15) is 12.4 Å². The quantitative estimate of drug-likeness (QED) is 0.867. The van der Waals surface area contributed by atoms with Crippen molar-refractivity contribution in [3.8, 4) is 5.75 Å². The molecule has 0 aliphatic heterocycles. The SMILES string of the molecule is O=C(O)N(CCOc1ccccc1)Cc1ccc(Br)cn1. The highest BCUT2D eigenvalue weighted by molar-refractivity contribution is 9.10. The maximum Gasteiger partial charge on any atom is 0.407 e. The van der Waals surface area contributed by atoms with Crippen LogP contribution in [0, 0.1) is 0 Å². The number of nitrogens with zero attached hydrogens (tertiary/aromatic N) is 2. The topological polar surface area (TPSA) is 62.7 Å². The molecule has 1 aromatic carbocycles. The Labute approximate surface area is 131 Å². The van der Waals surface area contributed by atoms with Crippen LogP contribution in [-0.4, -0.2) is 34.2 Å². The van der Waals surface area contributed by atoms with E-state index in [1.807, 2.05) is 36.4 Å². The molecule has 2 aromatic rings. The second-order valence-electron chi connectivity index (χ2n) is 4.33. The van der Waals surface area contributed by atoms with Crippen LogP contribution in [0.15, 0.2) is 53.1 Å². The van der Waals surface area contributed by atoms with Crippen LogP contribution in [0.25, 0.3) is 0 Å². The molecule has 0 radical (unpaired) electrons. The number of carboxylic acid groups (broad SMARTS) is 1. The van der Waals surface area contributed by atoms with Gasteiger partial charge in [0.25, 0.3) is 0 Å². The number of para-hydroxylation sites is 1. The summed E-state index contributed by atoms with van der Waals surface area (Å²) in [4.78, 5) is 16.7. The zero-order valence-electron chi connectivity index (χ0n) is 11.3. The summed E-state index contributed by atoms with van der Waals surface area (Å²) in [5.41, 5.74) is 0.695. The van der Waals surface area contributed by atoms with Crippen molar-refractivity contribution in [3.05, 3.63) is 58.8 Å². The van der Waals surface area contributed by atoms with Crippen molar-refractivity contribution in [1.82, 2.24) is 9.88 Å². The lowest BCUT2D eigenvalue weighted by atomic mass is 10.3. The summed E-state index contributed by atoms with van der Waals surface area (Å²) in [7, 11) is 0. The van der Waals surface area contributed by atoms with Gasteiger partial charge in [-0.1, -0.05) is 18.2 Å². The first-order valence-corrected chi connectivity index (χ1v) is 7.20. The third-order valence-corrected chi connectivity index (χ3v) is 3.25. The van der Waals surface area contributed by atoms with Gasteiger partial charge in [0, 0.05) is 10.7 Å². The Morgan fingerprint density at radius 3 is 2.62 bits per heavy atom. The lowest BCUT2D eigenvalue weighted by Crippen LogP contribution is -2.33. The van der Waals surface area contributed by atoms with Crippen molar-refractivity contribution >= 4 is 22.0 Å². The molecule has 2 rings (SSSR count). The van der Waals surface area contributed by atoms with Crippen molar-refractivity contribution in [1.29, 1.82) is 0 Å². The largest absolute Gasteiger partial charge is 0.492 e. The number of halogens is 1. The second kappa shape index (κ2) is 7.64. The van der Waals surface area contributed by atoms with Gasteiger partial charge in [0.2, 0.25) is 0 Å². The third kappa shape index (κ3) is 5.07. The average Bonchev–Trinajstić information content (AvgIpc) is 2.49. The zero-order valence-corrected chi connectivity index (χ0v) is 12.9. The number of hydrogen-bond donors (Lipinski definition) is 1. The van der Waals surface area contributed by atoms with Crippen molar-refractivity contribution in [3.63, 3.8) is 0 Å². The molecule has 0 aliphatic carbocycles. The molecule has 1 heterocycles. The first-order valence-electron chi connectivity index (χ1n) is 6.41. The number of carbonyl (C=O) groups is 1. The minimum Gasteiger partial charge on any atom is -0.492 e. The molecule has 5 nitrogen and oxygen atoms in total. The number of ether oxygens (including phenoxy) is 1. The van der Waals surface area contributed by atoms with Gasteiger partial charge in [0.05, 0.1) is 18.8 Å². The van der Waals surface area contributed by atoms with Crippen LogP contribution in [-0.2, 0) is 6.54 Å². The molecule has 0 fully saturated rings. The number of benzene rings is 1. The van der Waals surface area contributed by atoms with Crippen LogP contribution in [0.2, 0.25) is 0 Å². The van der Waals surface area contributed by atoms with E-state index in [0.29, 0.717) is 12.3 Å². The van der Waals surface area contributed by atoms with E-state index in [1.54, 1.807) is 12.3 Å². The highest BCUT2D eigenvalue weighted by Gasteiger charge is 2.13. The zero-order chi connectivity index (χ0) is 15.1. The number of hydrogen-bond acceptors (Lipinski definition) is 3. The van der Waals surface area contributed by atoms with Gasteiger partial charge in [-0.2, -0.15) is 0 Å². The van der Waals surface area contributed by atoms with Crippen LogP contribution < -0.4 is 4.74 Å². The van der Waals surface area contributed by atoms with Gasteiger partial charge in [-0.05, 0) is 40.2 Å². The second-order valence-corrected chi connectivity index (χ2v) is 5.25. The van der Waals surface area contributed by atoms with Gasteiger partial charge in [-0.15, -0.1) is 0 Å². The molecule has 0 saturated heterocycles. The molecule has 0 spiro atoms. The molecular weight excluding hydrogens is 336 g/mol. The number of aromatic nitrogens is 1. The van der Waals surface area contributed by atoms with E-state index in [0.717, 1.165) is 10.2 Å². The van der Waals surface area contributed by atoms with Gasteiger partial charge in [-0.3, -0.25) is 9.88 Å². The highest BCUT2D eigenvalue weighted by atomic mass is 79.9. The van der Waals surface area contributed by atoms with Gasteiger partial charge < -0.3 is 9.84 Å². The van der Waals surface area contributed by atoms with E-state index in [1.165, 1.54) is 4.90 Å². The van der Waals surface area contributed by atoms with Gasteiger partial charge >= 0.3 is 6.09 Å². The molecular formula is C15H15BrN2O3. The molecule has 1 amide bonds. The van der Waals surface area contributed by atoms with Crippen molar-refractivity contribution in [2.45, 2.75) is 6.54 Å². The van der Waals surface area contributed by atoms with Gasteiger partial charge in [-0.25, -0.2) is 4.79 Å². The van der Waals surface area contributed by atoms with E-state index in [4.69, 9.17) is 4.74 Å². The highest BCUT2D eigenvalue weighted by Crippen LogP contribution is 2.10. The van der Waals surface area contributed by atoms with E-state index in [2.05, 4.69) is 20.9 Å². The Hall–Kier alpha value is -2.08. The van der Waals surface area contributed by atoms with E-state index in [-0.39, 0.29) is 13.1 Å². The van der Waals surface area contributed by atoms with Crippen LogP contribution >= 0.6 is 15.9 Å². The first kappa shape index (κ1) is 15.3. The summed E-state index contributed by atoms with van der Waals surface area (Å²) in [5, 5.41) is 9.22. The molecule has 0 atom stereocenters. The van der Waals surface area contributed by atoms with Crippen molar-refractivity contribution in [2.75, 3.05) is 13.2 Å². The Balaban J connectivity index is 1.87. The Morgan fingerprint density at radius 1 is 1.24 bits per heavy atom. The number of rotatable bonds is 6. The minimum atomic E-state index is -0.989. The molecule has 0 unspecified atom stereocenters. The molecule has 0 saturated carbocycles. The number of amides is 1. The van der Waals surface area contributed by atoms with Crippen molar-refractivity contribution in [2.24, 2.45) is 0 Å².